The van der Waals surface area contributed by atoms with Gasteiger partial charge in [0.15, 0.2) is 0 Å². The zero-order chi connectivity index (χ0) is 14.7. The Kier molecular flexibility index (Phi) is 3.51. The highest BCUT2D eigenvalue weighted by Crippen LogP contribution is 2.29. The maximum atomic E-state index is 12.3. The molecule has 4 nitrogen and oxygen atoms in total. The number of para-hydroxylation sites is 1. The number of benzene rings is 2. The van der Waals surface area contributed by atoms with E-state index in [9.17, 15) is 4.79 Å². The molecule has 0 saturated heterocycles. The number of nitrogens with zero attached hydrogens (tertiary/aromatic N) is 2. The van der Waals surface area contributed by atoms with Crippen LogP contribution in [-0.4, -0.2) is 17.3 Å². The minimum Gasteiger partial charge on any atom is -0.409 e. The number of ether oxygens (including phenoxy) is 1. The van der Waals surface area contributed by atoms with Crippen LogP contribution in [0.15, 0.2) is 72.4 Å². The lowest BCUT2D eigenvalue weighted by atomic mass is 9.99. The van der Waals surface area contributed by atoms with E-state index in [2.05, 4.69) is 11.7 Å². The molecule has 21 heavy (non-hydrogen) atoms. The number of carbonyl (C=O) groups excluding carboxylic acids is 1. The first-order chi connectivity index (χ1) is 10.3. The smallest absolute Gasteiger partial charge is 0.409 e. The summed E-state index contributed by atoms with van der Waals surface area (Å²) in [6.45, 7) is 3.80. The summed E-state index contributed by atoms with van der Waals surface area (Å²) in [5, 5.41) is 5.48. The molecule has 4 heteroatoms. The van der Waals surface area contributed by atoms with Gasteiger partial charge in [0.25, 0.3) is 0 Å². The van der Waals surface area contributed by atoms with E-state index in [1.165, 1.54) is 5.01 Å². The van der Waals surface area contributed by atoms with E-state index in [0.29, 0.717) is 5.75 Å². The van der Waals surface area contributed by atoms with Gasteiger partial charge in [-0.15, -0.1) is 6.58 Å². The molecule has 1 amide bonds. The third-order valence-corrected chi connectivity index (χ3v) is 3.26. The van der Waals surface area contributed by atoms with E-state index < -0.39 is 6.09 Å². The third-order valence-electron chi connectivity index (χ3n) is 3.26. The van der Waals surface area contributed by atoms with Crippen LogP contribution in [0.4, 0.5) is 4.79 Å². The Hall–Kier alpha value is -2.88. The fourth-order valence-electron chi connectivity index (χ4n) is 2.25. The quantitative estimate of drug-likeness (QED) is 0.785. The van der Waals surface area contributed by atoms with E-state index in [-0.39, 0.29) is 6.04 Å². The van der Waals surface area contributed by atoms with Crippen molar-refractivity contribution >= 4 is 12.3 Å². The molecule has 2 aromatic rings. The van der Waals surface area contributed by atoms with Gasteiger partial charge in [0, 0.05) is 5.56 Å². The molecular weight excluding hydrogens is 264 g/mol. The van der Waals surface area contributed by atoms with Crippen molar-refractivity contribution in [3.8, 4) is 5.75 Å². The zero-order valence-corrected chi connectivity index (χ0v) is 11.3. The van der Waals surface area contributed by atoms with E-state index >= 15 is 0 Å². The second-order valence-electron chi connectivity index (χ2n) is 4.58. The largest absolute Gasteiger partial charge is 0.436 e. The van der Waals surface area contributed by atoms with Crippen molar-refractivity contribution in [2.45, 2.75) is 6.04 Å². The van der Waals surface area contributed by atoms with Crippen LogP contribution in [0.5, 0.6) is 5.75 Å². The Morgan fingerprint density at radius 1 is 1.14 bits per heavy atom. The highest BCUT2D eigenvalue weighted by molar-refractivity contribution is 5.85. The SMILES string of the molecule is C=CC1c2ccccc2C=NN1C(=O)Oc1ccccc1. The molecule has 1 unspecified atom stereocenters. The van der Waals surface area contributed by atoms with Crippen molar-refractivity contribution in [2.24, 2.45) is 5.10 Å². The number of hydrazone groups is 1. The van der Waals surface area contributed by atoms with Crippen LogP contribution in [0.1, 0.15) is 17.2 Å². The minimum atomic E-state index is -0.531. The Balaban J connectivity index is 1.86. The van der Waals surface area contributed by atoms with Gasteiger partial charge in [-0.1, -0.05) is 48.5 Å². The van der Waals surface area contributed by atoms with Crippen LogP contribution in [0.25, 0.3) is 0 Å². The van der Waals surface area contributed by atoms with Crippen LogP contribution >= 0.6 is 0 Å². The van der Waals surface area contributed by atoms with Gasteiger partial charge in [-0.25, -0.2) is 4.79 Å². The molecule has 0 bridgehead atoms. The molecule has 3 rings (SSSR count). The Labute approximate surface area is 123 Å². The van der Waals surface area contributed by atoms with Crippen molar-refractivity contribution in [3.63, 3.8) is 0 Å². The number of hydrogen-bond donors (Lipinski definition) is 0. The molecule has 0 radical (unpaired) electrons. The number of rotatable bonds is 2. The normalized spacial score (nSPS) is 16.2. The van der Waals surface area contributed by atoms with Crippen molar-refractivity contribution in [1.82, 2.24) is 5.01 Å². The van der Waals surface area contributed by atoms with Crippen LogP contribution in [0.2, 0.25) is 0 Å². The molecule has 0 spiro atoms. The summed E-state index contributed by atoms with van der Waals surface area (Å²) in [6, 6.07) is 16.4. The zero-order valence-electron chi connectivity index (χ0n) is 11.3. The Morgan fingerprint density at radius 3 is 2.62 bits per heavy atom. The fraction of sp³-hybridized carbons (Fsp3) is 0.0588. The molecule has 0 aromatic heterocycles. The fourth-order valence-corrected chi connectivity index (χ4v) is 2.25. The second-order valence-corrected chi connectivity index (χ2v) is 4.58. The van der Waals surface area contributed by atoms with Gasteiger partial charge in [-0.3, -0.25) is 0 Å². The molecule has 1 atom stereocenters. The number of hydrogen-bond acceptors (Lipinski definition) is 3. The summed E-state index contributed by atoms with van der Waals surface area (Å²) >= 11 is 0. The van der Waals surface area contributed by atoms with Gasteiger partial charge < -0.3 is 4.74 Å². The maximum absolute atomic E-state index is 12.3. The van der Waals surface area contributed by atoms with Gasteiger partial charge >= 0.3 is 6.09 Å². The molecule has 104 valence electrons. The summed E-state index contributed by atoms with van der Waals surface area (Å²) in [5.74, 6) is 0.486. The molecule has 1 aliphatic rings. The van der Waals surface area contributed by atoms with Crippen LogP contribution in [-0.2, 0) is 0 Å². The molecule has 2 aromatic carbocycles. The Bertz CT molecular complexity index is 695. The lowest BCUT2D eigenvalue weighted by Gasteiger charge is -2.28. The first-order valence-corrected chi connectivity index (χ1v) is 6.61. The van der Waals surface area contributed by atoms with Crippen molar-refractivity contribution in [1.29, 1.82) is 0 Å². The van der Waals surface area contributed by atoms with Gasteiger partial charge in [0.1, 0.15) is 11.8 Å². The van der Waals surface area contributed by atoms with Crippen molar-refractivity contribution in [2.75, 3.05) is 0 Å². The molecule has 0 aliphatic carbocycles. The monoisotopic (exact) mass is 278 g/mol. The predicted molar refractivity (Wildman–Crippen MR) is 81.3 cm³/mol. The third kappa shape index (κ3) is 2.56. The number of amides is 1. The van der Waals surface area contributed by atoms with Gasteiger partial charge in [-0.2, -0.15) is 10.1 Å². The van der Waals surface area contributed by atoms with E-state index in [1.807, 2.05) is 42.5 Å². The summed E-state index contributed by atoms with van der Waals surface area (Å²) < 4.78 is 5.33. The standard InChI is InChI=1S/C17H14N2O2/c1-2-16-15-11-7-6-8-13(15)12-18-19(16)17(20)21-14-9-4-3-5-10-14/h2-12,16H,1H2. The molecular formula is C17H14N2O2. The van der Waals surface area contributed by atoms with E-state index in [4.69, 9.17) is 4.74 Å². The highest BCUT2D eigenvalue weighted by atomic mass is 16.6. The highest BCUT2D eigenvalue weighted by Gasteiger charge is 2.28. The molecule has 0 fully saturated rings. The first-order valence-electron chi connectivity index (χ1n) is 6.61. The van der Waals surface area contributed by atoms with Crippen molar-refractivity contribution < 1.29 is 9.53 Å². The summed E-state index contributed by atoms with van der Waals surface area (Å²) in [6.07, 6.45) is 2.81. The number of carbonyl (C=O) groups is 1. The minimum absolute atomic E-state index is 0.331. The molecule has 0 N–H and O–H groups in total. The van der Waals surface area contributed by atoms with Gasteiger partial charge in [0.05, 0.1) is 6.21 Å². The molecule has 1 heterocycles. The summed E-state index contributed by atoms with van der Waals surface area (Å²) in [4.78, 5) is 12.3. The van der Waals surface area contributed by atoms with Crippen LogP contribution < -0.4 is 4.74 Å². The van der Waals surface area contributed by atoms with Gasteiger partial charge in [0.2, 0.25) is 0 Å². The van der Waals surface area contributed by atoms with Crippen molar-refractivity contribution in [3.05, 3.63) is 78.4 Å². The molecule has 0 saturated carbocycles. The van der Waals surface area contributed by atoms with E-state index in [1.54, 1.807) is 24.4 Å². The predicted octanol–water partition coefficient (Wildman–Crippen LogP) is 3.76. The Morgan fingerprint density at radius 2 is 1.86 bits per heavy atom. The average molecular weight is 278 g/mol. The van der Waals surface area contributed by atoms with E-state index in [0.717, 1.165) is 11.1 Å². The first kappa shape index (κ1) is 13.1. The lowest BCUT2D eigenvalue weighted by Crippen LogP contribution is -2.34. The topological polar surface area (TPSA) is 41.9 Å². The molecule has 1 aliphatic heterocycles. The summed E-state index contributed by atoms with van der Waals surface area (Å²) in [5.41, 5.74) is 1.96. The second kappa shape index (κ2) is 5.63. The van der Waals surface area contributed by atoms with Gasteiger partial charge in [-0.05, 0) is 17.7 Å². The lowest BCUT2D eigenvalue weighted by molar-refractivity contribution is 0.142. The van der Waals surface area contributed by atoms with Crippen LogP contribution in [0, 0.1) is 0 Å². The summed E-state index contributed by atoms with van der Waals surface area (Å²) in [7, 11) is 0. The average Bonchev–Trinajstić information content (AvgIpc) is 2.54. The van der Waals surface area contributed by atoms with Crippen LogP contribution in [0.3, 0.4) is 0 Å². The maximum Gasteiger partial charge on any atom is 0.436 e. The number of fused-ring (bicyclic) bond motifs is 1.